The maximum absolute atomic E-state index is 5.66. The highest BCUT2D eigenvalue weighted by atomic mass is 14.9. The topological polar surface area (TPSA) is 38.0 Å². The Hall–Kier alpha value is -0.520. The smallest absolute Gasteiger partial charge is 0.0576 e. The van der Waals surface area contributed by atoms with Gasteiger partial charge in [0.15, 0.2) is 0 Å². The molecule has 0 aromatic heterocycles. The van der Waals surface area contributed by atoms with E-state index in [9.17, 15) is 0 Å². The third-order valence-corrected chi connectivity index (χ3v) is 2.93. The first-order valence-corrected chi connectivity index (χ1v) is 6.72. The van der Waals surface area contributed by atoms with Gasteiger partial charge in [0.2, 0.25) is 0 Å². The first-order chi connectivity index (χ1) is 7.85. The molecule has 0 saturated heterocycles. The molecule has 0 aliphatic carbocycles. The van der Waals surface area contributed by atoms with Crippen LogP contribution >= 0.6 is 0 Å². The van der Waals surface area contributed by atoms with Gasteiger partial charge in [0.25, 0.3) is 0 Å². The molecule has 0 rings (SSSR count). The number of terminal acetylenes is 1. The lowest BCUT2D eigenvalue weighted by Gasteiger charge is -2.14. The average Bonchev–Trinajstić information content (AvgIpc) is 2.32. The van der Waals surface area contributed by atoms with Gasteiger partial charge in [0, 0.05) is 12.6 Å². The standard InChI is InChI=1S/C14H28N2/c1-3-5-6-7-8-9-10-11-14(13-15)16-12-4-2/h2,14,16H,3,5-13,15H2,1H3. The zero-order valence-electron chi connectivity index (χ0n) is 10.8. The van der Waals surface area contributed by atoms with Crippen LogP contribution in [0, 0.1) is 12.3 Å². The van der Waals surface area contributed by atoms with Gasteiger partial charge < -0.3 is 11.1 Å². The Balaban J connectivity index is 3.24. The SMILES string of the molecule is C#CCNC(CN)CCCCCCCCC. The summed E-state index contributed by atoms with van der Waals surface area (Å²) in [6, 6.07) is 0.409. The Bertz CT molecular complexity index is 172. The molecular formula is C14H28N2. The van der Waals surface area contributed by atoms with E-state index in [1.807, 2.05) is 0 Å². The van der Waals surface area contributed by atoms with Crippen molar-refractivity contribution in [3.05, 3.63) is 0 Å². The highest BCUT2D eigenvalue weighted by molar-refractivity contribution is 4.88. The van der Waals surface area contributed by atoms with Crippen LogP contribution in [-0.2, 0) is 0 Å². The molecule has 94 valence electrons. The van der Waals surface area contributed by atoms with Crippen LogP contribution in [0.4, 0.5) is 0 Å². The maximum Gasteiger partial charge on any atom is 0.0576 e. The Labute approximate surface area is 101 Å². The predicted octanol–water partition coefficient (Wildman–Crippen LogP) is 2.68. The third-order valence-electron chi connectivity index (χ3n) is 2.93. The van der Waals surface area contributed by atoms with Crippen LogP contribution in [0.15, 0.2) is 0 Å². The number of hydrogen-bond acceptors (Lipinski definition) is 2. The van der Waals surface area contributed by atoms with Crippen LogP contribution in [0.2, 0.25) is 0 Å². The molecule has 0 saturated carbocycles. The van der Waals surface area contributed by atoms with Gasteiger partial charge in [-0.2, -0.15) is 0 Å². The molecule has 1 unspecified atom stereocenters. The van der Waals surface area contributed by atoms with E-state index in [0.29, 0.717) is 19.1 Å². The highest BCUT2D eigenvalue weighted by Crippen LogP contribution is 2.09. The molecule has 1 atom stereocenters. The first-order valence-electron chi connectivity index (χ1n) is 6.72. The third kappa shape index (κ3) is 10.0. The lowest BCUT2D eigenvalue weighted by Crippen LogP contribution is -2.36. The van der Waals surface area contributed by atoms with Crippen molar-refractivity contribution in [2.24, 2.45) is 5.73 Å². The Morgan fingerprint density at radius 3 is 2.31 bits per heavy atom. The second-order valence-corrected chi connectivity index (χ2v) is 4.43. The van der Waals surface area contributed by atoms with Crippen LogP contribution in [0.25, 0.3) is 0 Å². The summed E-state index contributed by atoms with van der Waals surface area (Å²) in [5.74, 6) is 2.59. The molecule has 0 spiro atoms. The van der Waals surface area contributed by atoms with Crippen molar-refractivity contribution in [3.63, 3.8) is 0 Å². The minimum absolute atomic E-state index is 0.409. The van der Waals surface area contributed by atoms with Gasteiger partial charge in [0.1, 0.15) is 0 Å². The lowest BCUT2D eigenvalue weighted by atomic mass is 10.1. The van der Waals surface area contributed by atoms with E-state index in [1.54, 1.807) is 0 Å². The summed E-state index contributed by atoms with van der Waals surface area (Å²) in [5, 5.41) is 3.27. The van der Waals surface area contributed by atoms with Crippen LogP contribution in [0.5, 0.6) is 0 Å². The van der Waals surface area contributed by atoms with Crippen LogP contribution < -0.4 is 11.1 Å². The summed E-state index contributed by atoms with van der Waals surface area (Å²) in [6.45, 7) is 3.58. The molecule has 0 aliphatic heterocycles. The minimum Gasteiger partial charge on any atom is -0.329 e. The Morgan fingerprint density at radius 1 is 1.12 bits per heavy atom. The second-order valence-electron chi connectivity index (χ2n) is 4.43. The Kier molecular flexibility index (Phi) is 12.1. The average molecular weight is 224 g/mol. The van der Waals surface area contributed by atoms with Gasteiger partial charge in [-0.3, -0.25) is 0 Å². The fourth-order valence-corrected chi connectivity index (χ4v) is 1.85. The van der Waals surface area contributed by atoms with Crippen molar-refractivity contribution in [2.75, 3.05) is 13.1 Å². The number of unbranched alkanes of at least 4 members (excludes halogenated alkanes) is 6. The molecule has 0 fully saturated rings. The molecule has 0 bridgehead atoms. The summed E-state index contributed by atoms with van der Waals surface area (Å²) < 4.78 is 0. The summed E-state index contributed by atoms with van der Waals surface area (Å²) in [4.78, 5) is 0. The molecule has 3 N–H and O–H groups in total. The van der Waals surface area contributed by atoms with Gasteiger partial charge in [-0.15, -0.1) is 6.42 Å². The predicted molar refractivity (Wildman–Crippen MR) is 72.3 cm³/mol. The molecule has 2 heteroatoms. The molecule has 0 aromatic carbocycles. The minimum atomic E-state index is 0.409. The molecule has 0 radical (unpaired) electrons. The van der Waals surface area contributed by atoms with E-state index in [0.717, 1.165) is 6.42 Å². The fraction of sp³-hybridized carbons (Fsp3) is 0.857. The zero-order chi connectivity index (χ0) is 12.1. The molecule has 2 nitrogen and oxygen atoms in total. The highest BCUT2D eigenvalue weighted by Gasteiger charge is 2.03. The number of nitrogens with two attached hydrogens (primary N) is 1. The normalized spacial score (nSPS) is 12.3. The van der Waals surface area contributed by atoms with Crippen molar-refractivity contribution < 1.29 is 0 Å². The summed E-state index contributed by atoms with van der Waals surface area (Å²) >= 11 is 0. The van der Waals surface area contributed by atoms with Crippen molar-refractivity contribution in [3.8, 4) is 12.3 Å². The van der Waals surface area contributed by atoms with Crippen molar-refractivity contribution in [1.82, 2.24) is 5.32 Å². The van der Waals surface area contributed by atoms with Gasteiger partial charge >= 0.3 is 0 Å². The first kappa shape index (κ1) is 15.5. The fourth-order valence-electron chi connectivity index (χ4n) is 1.85. The van der Waals surface area contributed by atoms with Gasteiger partial charge in [-0.25, -0.2) is 0 Å². The molecule has 0 aromatic rings. The van der Waals surface area contributed by atoms with E-state index >= 15 is 0 Å². The van der Waals surface area contributed by atoms with Crippen molar-refractivity contribution in [1.29, 1.82) is 0 Å². The summed E-state index contributed by atoms with van der Waals surface area (Å²) in [6.07, 6.45) is 15.8. The zero-order valence-corrected chi connectivity index (χ0v) is 10.8. The molecule has 0 amide bonds. The molecule has 16 heavy (non-hydrogen) atoms. The van der Waals surface area contributed by atoms with Gasteiger partial charge in [-0.05, 0) is 6.42 Å². The maximum atomic E-state index is 5.66. The van der Waals surface area contributed by atoms with E-state index in [-0.39, 0.29) is 0 Å². The van der Waals surface area contributed by atoms with Gasteiger partial charge in [0.05, 0.1) is 6.54 Å². The van der Waals surface area contributed by atoms with E-state index in [2.05, 4.69) is 18.2 Å². The van der Waals surface area contributed by atoms with Crippen LogP contribution in [-0.4, -0.2) is 19.1 Å². The van der Waals surface area contributed by atoms with Crippen LogP contribution in [0.3, 0.4) is 0 Å². The van der Waals surface area contributed by atoms with Crippen LogP contribution in [0.1, 0.15) is 58.3 Å². The summed E-state index contributed by atoms with van der Waals surface area (Å²) in [5.41, 5.74) is 5.66. The quantitative estimate of drug-likeness (QED) is 0.418. The second kappa shape index (κ2) is 12.5. The number of hydrogen-bond donors (Lipinski definition) is 2. The van der Waals surface area contributed by atoms with Gasteiger partial charge in [-0.1, -0.05) is 57.8 Å². The number of rotatable bonds is 11. The van der Waals surface area contributed by atoms with E-state index in [1.165, 1.54) is 44.9 Å². The molecule has 0 aliphatic rings. The van der Waals surface area contributed by atoms with Crippen molar-refractivity contribution >= 4 is 0 Å². The lowest BCUT2D eigenvalue weighted by molar-refractivity contribution is 0.476. The monoisotopic (exact) mass is 224 g/mol. The largest absolute Gasteiger partial charge is 0.329 e. The molecular weight excluding hydrogens is 196 g/mol. The Morgan fingerprint density at radius 2 is 1.75 bits per heavy atom. The van der Waals surface area contributed by atoms with E-state index < -0.39 is 0 Å². The van der Waals surface area contributed by atoms with Crippen molar-refractivity contribution in [2.45, 2.75) is 64.3 Å². The van der Waals surface area contributed by atoms with E-state index in [4.69, 9.17) is 12.2 Å². The number of nitrogens with one attached hydrogen (secondary N) is 1. The summed E-state index contributed by atoms with van der Waals surface area (Å²) in [7, 11) is 0. The molecule has 0 heterocycles.